The van der Waals surface area contributed by atoms with Crippen LogP contribution in [-0.4, -0.2) is 40.0 Å². The molecule has 1 saturated heterocycles. The number of anilines is 1. The van der Waals surface area contributed by atoms with Gasteiger partial charge in [0.25, 0.3) is 5.91 Å². The SMILES string of the molecule is CSc1cccc(C(=O)NC2CCN(c3cnsn3)CC2)c1. The van der Waals surface area contributed by atoms with Crippen LogP contribution in [0.1, 0.15) is 23.2 Å². The molecule has 0 spiro atoms. The molecule has 1 aromatic carbocycles. The maximum Gasteiger partial charge on any atom is 0.251 e. The van der Waals surface area contributed by atoms with E-state index < -0.39 is 0 Å². The second-order valence-electron chi connectivity index (χ2n) is 5.23. The van der Waals surface area contributed by atoms with E-state index in [9.17, 15) is 4.79 Å². The summed E-state index contributed by atoms with van der Waals surface area (Å²) >= 11 is 2.88. The average molecular weight is 334 g/mol. The van der Waals surface area contributed by atoms with Crippen LogP contribution in [0, 0.1) is 0 Å². The highest BCUT2D eigenvalue weighted by molar-refractivity contribution is 7.98. The maximum atomic E-state index is 12.3. The molecule has 1 amide bonds. The third-order valence-corrected chi connectivity index (χ3v) is 5.03. The molecule has 22 heavy (non-hydrogen) atoms. The molecule has 1 aliphatic heterocycles. The first-order chi connectivity index (χ1) is 10.8. The molecule has 1 aliphatic rings. The summed E-state index contributed by atoms with van der Waals surface area (Å²) in [5.41, 5.74) is 0.734. The van der Waals surface area contributed by atoms with Gasteiger partial charge in [0.05, 0.1) is 17.9 Å². The summed E-state index contributed by atoms with van der Waals surface area (Å²) < 4.78 is 8.30. The fourth-order valence-corrected chi connectivity index (χ4v) is 3.48. The number of rotatable bonds is 4. The van der Waals surface area contributed by atoms with Gasteiger partial charge in [-0.15, -0.1) is 11.8 Å². The molecule has 2 heterocycles. The van der Waals surface area contributed by atoms with Gasteiger partial charge in [0, 0.05) is 29.6 Å². The zero-order chi connectivity index (χ0) is 15.4. The first-order valence-electron chi connectivity index (χ1n) is 7.23. The molecule has 1 aromatic heterocycles. The lowest BCUT2D eigenvalue weighted by molar-refractivity contribution is 0.0931. The number of amides is 1. The van der Waals surface area contributed by atoms with Gasteiger partial charge in [-0.25, -0.2) is 0 Å². The molecule has 1 N–H and O–H groups in total. The van der Waals surface area contributed by atoms with Crippen molar-refractivity contribution in [3.05, 3.63) is 36.0 Å². The number of thioether (sulfide) groups is 1. The van der Waals surface area contributed by atoms with E-state index in [0.29, 0.717) is 0 Å². The quantitative estimate of drug-likeness (QED) is 0.871. The van der Waals surface area contributed by atoms with Crippen molar-refractivity contribution in [2.24, 2.45) is 0 Å². The summed E-state index contributed by atoms with van der Waals surface area (Å²) in [4.78, 5) is 15.7. The minimum atomic E-state index is 0.0182. The molecule has 116 valence electrons. The van der Waals surface area contributed by atoms with Crippen molar-refractivity contribution in [2.75, 3.05) is 24.2 Å². The average Bonchev–Trinajstić information content (AvgIpc) is 3.10. The Bertz CT molecular complexity index is 624. The van der Waals surface area contributed by atoms with Crippen LogP contribution in [0.15, 0.2) is 35.4 Å². The van der Waals surface area contributed by atoms with Gasteiger partial charge < -0.3 is 10.2 Å². The topological polar surface area (TPSA) is 58.1 Å². The number of benzene rings is 1. The number of nitrogens with zero attached hydrogens (tertiary/aromatic N) is 3. The van der Waals surface area contributed by atoms with Gasteiger partial charge in [0.1, 0.15) is 0 Å². The molecule has 2 aromatic rings. The third-order valence-electron chi connectivity index (χ3n) is 3.84. The Balaban J connectivity index is 1.55. The minimum Gasteiger partial charge on any atom is -0.354 e. The van der Waals surface area contributed by atoms with E-state index >= 15 is 0 Å². The van der Waals surface area contributed by atoms with E-state index in [1.54, 1.807) is 18.0 Å². The predicted octanol–water partition coefficient (Wildman–Crippen LogP) is 2.66. The summed E-state index contributed by atoms with van der Waals surface area (Å²) in [6.45, 7) is 1.81. The lowest BCUT2D eigenvalue weighted by Crippen LogP contribution is -2.44. The van der Waals surface area contributed by atoms with E-state index in [1.165, 1.54) is 11.7 Å². The summed E-state index contributed by atoms with van der Waals surface area (Å²) in [7, 11) is 0. The Kier molecular flexibility index (Phi) is 4.94. The van der Waals surface area contributed by atoms with Crippen molar-refractivity contribution < 1.29 is 4.79 Å². The molecule has 0 bridgehead atoms. The fraction of sp³-hybridized carbons (Fsp3) is 0.400. The van der Waals surface area contributed by atoms with Crippen molar-refractivity contribution in [3.63, 3.8) is 0 Å². The highest BCUT2D eigenvalue weighted by atomic mass is 32.2. The van der Waals surface area contributed by atoms with Crippen molar-refractivity contribution >= 4 is 35.2 Å². The van der Waals surface area contributed by atoms with Crippen molar-refractivity contribution in [1.29, 1.82) is 0 Å². The van der Waals surface area contributed by atoms with E-state index in [-0.39, 0.29) is 11.9 Å². The standard InChI is InChI=1S/C15H18N4OS2/c1-21-13-4-2-3-11(9-13)15(20)17-12-5-7-19(8-6-12)14-10-16-22-18-14/h2-4,9-10,12H,5-8H2,1H3,(H,17,20). The third kappa shape index (κ3) is 3.59. The Morgan fingerprint density at radius 3 is 2.91 bits per heavy atom. The predicted molar refractivity (Wildman–Crippen MR) is 90.8 cm³/mol. The van der Waals surface area contributed by atoms with E-state index in [4.69, 9.17) is 0 Å². The molecule has 0 aliphatic carbocycles. The van der Waals surface area contributed by atoms with Gasteiger partial charge in [0.2, 0.25) is 0 Å². The highest BCUT2D eigenvalue weighted by Crippen LogP contribution is 2.19. The van der Waals surface area contributed by atoms with Gasteiger partial charge >= 0.3 is 0 Å². The molecule has 0 unspecified atom stereocenters. The Hall–Kier alpha value is -1.60. The first-order valence-corrected chi connectivity index (χ1v) is 9.19. The molecule has 5 nitrogen and oxygen atoms in total. The lowest BCUT2D eigenvalue weighted by atomic mass is 10.0. The lowest BCUT2D eigenvalue weighted by Gasteiger charge is -2.32. The van der Waals surface area contributed by atoms with Crippen LogP contribution in [0.4, 0.5) is 5.82 Å². The Morgan fingerprint density at radius 2 is 2.23 bits per heavy atom. The van der Waals surface area contributed by atoms with Crippen LogP contribution >= 0.6 is 23.5 Å². The monoisotopic (exact) mass is 334 g/mol. The number of hydrogen-bond acceptors (Lipinski definition) is 6. The summed E-state index contributed by atoms with van der Waals surface area (Å²) in [6.07, 6.45) is 5.69. The van der Waals surface area contributed by atoms with Crippen LogP contribution in [0.5, 0.6) is 0 Å². The van der Waals surface area contributed by atoms with Crippen LogP contribution in [0.25, 0.3) is 0 Å². The zero-order valence-corrected chi connectivity index (χ0v) is 14.0. The van der Waals surface area contributed by atoms with Crippen LogP contribution in [0.2, 0.25) is 0 Å². The summed E-state index contributed by atoms with van der Waals surface area (Å²) in [5, 5.41) is 3.14. The normalized spacial score (nSPS) is 15.8. The molecule has 3 rings (SSSR count). The maximum absolute atomic E-state index is 12.3. The second kappa shape index (κ2) is 7.11. The van der Waals surface area contributed by atoms with E-state index in [1.807, 2.05) is 30.5 Å². The number of carbonyl (C=O) groups excluding carboxylic acids is 1. The van der Waals surface area contributed by atoms with Crippen LogP contribution in [-0.2, 0) is 0 Å². The molecule has 0 atom stereocenters. The number of piperidine rings is 1. The molecule has 0 saturated carbocycles. The van der Waals surface area contributed by atoms with E-state index in [2.05, 4.69) is 19.0 Å². The molecule has 0 radical (unpaired) electrons. The smallest absolute Gasteiger partial charge is 0.251 e. The van der Waals surface area contributed by atoms with Gasteiger partial charge in [-0.2, -0.15) is 8.75 Å². The van der Waals surface area contributed by atoms with Gasteiger partial charge in [-0.05, 0) is 37.3 Å². The second-order valence-corrected chi connectivity index (χ2v) is 6.67. The molecular formula is C15H18N4OS2. The number of nitrogens with one attached hydrogen (secondary N) is 1. The van der Waals surface area contributed by atoms with Crippen molar-refractivity contribution in [3.8, 4) is 0 Å². The van der Waals surface area contributed by atoms with Crippen LogP contribution in [0.3, 0.4) is 0 Å². The van der Waals surface area contributed by atoms with Gasteiger partial charge in [-0.3, -0.25) is 4.79 Å². The van der Waals surface area contributed by atoms with Crippen molar-refractivity contribution in [2.45, 2.75) is 23.8 Å². The van der Waals surface area contributed by atoms with Gasteiger partial charge in [0.15, 0.2) is 5.82 Å². The molecule has 7 heteroatoms. The first kappa shape index (κ1) is 15.3. The fourth-order valence-electron chi connectivity index (χ4n) is 2.59. The van der Waals surface area contributed by atoms with E-state index in [0.717, 1.165) is 42.2 Å². The molecule has 1 fully saturated rings. The number of carbonyl (C=O) groups is 1. The Labute approximate surface area is 138 Å². The van der Waals surface area contributed by atoms with Crippen LogP contribution < -0.4 is 10.2 Å². The summed E-state index contributed by atoms with van der Waals surface area (Å²) in [5.74, 6) is 0.965. The Morgan fingerprint density at radius 1 is 1.41 bits per heavy atom. The van der Waals surface area contributed by atoms with Crippen molar-refractivity contribution in [1.82, 2.24) is 14.1 Å². The summed E-state index contributed by atoms with van der Waals surface area (Å²) in [6, 6.07) is 7.98. The minimum absolute atomic E-state index is 0.0182. The number of hydrogen-bond donors (Lipinski definition) is 1. The molecular weight excluding hydrogens is 316 g/mol. The zero-order valence-electron chi connectivity index (χ0n) is 12.4. The van der Waals surface area contributed by atoms with Gasteiger partial charge in [-0.1, -0.05) is 6.07 Å². The number of aromatic nitrogens is 2. The largest absolute Gasteiger partial charge is 0.354 e. The highest BCUT2D eigenvalue weighted by Gasteiger charge is 2.22.